The lowest BCUT2D eigenvalue weighted by molar-refractivity contribution is 0.174. The molecule has 0 saturated heterocycles. The molecule has 1 atom stereocenters. The Labute approximate surface area is 107 Å². The predicted molar refractivity (Wildman–Crippen MR) is 72.0 cm³/mol. The molecule has 0 aliphatic carbocycles. The van der Waals surface area contributed by atoms with Crippen molar-refractivity contribution in [3.05, 3.63) is 48.0 Å². The fourth-order valence-corrected chi connectivity index (χ4v) is 1.98. The molecule has 0 aliphatic heterocycles. The second-order valence-corrected chi connectivity index (χ2v) is 4.42. The summed E-state index contributed by atoms with van der Waals surface area (Å²) in [7, 11) is 0. The molecule has 1 aromatic heterocycles. The summed E-state index contributed by atoms with van der Waals surface area (Å²) in [6.45, 7) is 3.06. The van der Waals surface area contributed by atoms with Crippen LogP contribution in [0.3, 0.4) is 0 Å². The maximum Gasteiger partial charge on any atom is 0.111 e. The number of nitrogen functional groups attached to an aromatic ring is 1. The van der Waals surface area contributed by atoms with Crippen LogP contribution in [0.1, 0.15) is 30.8 Å². The molecule has 0 spiro atoms. The number of nitrogens with zero attached hydrogens (tertiary/aromatic N) is 2. The van der Waals surface area contributed by atoms with Crippen LogP contribution in [0.4, 0.5) is 5.69 Å². The highest BCUT2D eigenvalue weighted by molar-refractivity contribution is 5.39. The first-order valence-corrected chi connectivity index (χ1v) is 6.24. The summed E-state index contributed by atoms with van der Waals surface area (Å²) in [4.78, 5) is 4.30. The van der Waals surface area contributed by atoms with Gasteiger partial charge >= 0.3 is 0 Å². The second kappa shape index (κ2) is 5.69. The quantitative estimate of drug-likeness (QED) is 0.793. The van der Waals surface area contributed by atoms with Crippen molar-refractivity contribution in [2.24, 2.45) is 0 Å². The van der Waals surface area contributed by atoms with Gasteiger partial charge in [0.1, 0.15) is 5.82 Å². The van der Waals surface area contributed by atoms with Crippen molar-refractivity contribution in [2.75, 3.05) is 5.73 Å². The predicted octanol–water partition coefficient (Wildman–Crippen LogP) is 2.15. The lowest BCUT2D eigenvalue weighted by atomic mass is 10.1. The minimum absolute atomic E-state index is 0.525. The van der Waals surface area contributed by atoms with E-state index in [4.69, 9.17) is 5.73 Å². The molecule has 4 heteroatoms. The number of hydrogen-bond acceptors (Lipinski definition) is 3. The number of nitrogens with two attached hydrogens (primary N) is 1. The number of benzene rings is 1. The number of aromatic nitrogens is 2. The minimum Gasteiger partial charge on any atom is -0.399 e. The maximum absolute atomic E-state index is 10.2. The van der Waals surface area contributed by atoms with Gasteiger partial charge in [-0.3, -0.25) is 0 Å². The molecule has 0 saturated carbocycles. The first-order valence-electron chi connectivity index (χ1n) is 6.24. The SMILES string of the molecule is CCCn1ccnc1CC(O)c1ccc(N)cc1. The summed E-state index contributed by atoms with van der Waals surface area (Å²) >= 11 is 0. The molecule has 3 N–H and O–H groups in total. The van der Waals surface area contributed by atoms with E-state index in [2.05, 4.69) is 16.5 Å². The summed E-state index contributed by atoms with van der Waals surface area (Å²) in [5.74, 6) is 0.918. The van der Waals surface area contributed by atoms with Gasteiger partial charge in [-0.25, -0.2) is 4.98 Å². The molecule has 0 radical (unpaired) electrons. The van der Waals surface area contributed by atoms with Gasteiger partial charge in [0.15, 0.2) is 0 Å². The first-order chi connectivity index (χ1) is 8.70. The van der Waals surface area contributed by atoms with Gasteiger partial charge in [0, 0.05) is 31.0 Å². The highest BCUT2D eigenvalue weighted by atomic mass is 16.3. The molecule has 0 amide bonds. The Morgan fingerprint density at radius 1 is 1.33 bits per heavy atom. The molecule has 1 heterocycles. The molecule has 0 fully saturated rings. The van der Waals surface area contributed by atoms with Crippen LogP contribution in [0.25, 0.3) is 0 Å². The Morgan fingerprint density at radius 3 is 2.72 bits per heavy atom. The van der Waals surface area contributed by atoms with E-state index >= 15 is 0 Å². The van der Waals surface area contributed by atoms with Gasteiger partial charge in [0.2, 0.25) is 0 Å². The largest absolute Gasteiger partial charge is 0.399 e. The van der Waals surface area contributed by atoms with Gasteiger partial charge < -0.3 is 15.4 Å². The summed E-state index contributed by atoms with van der Waals surface area (Å²) < 4.78 is 2.08. The van der Waals surface area contributed by atoms with E-state index in [9.17, 15) is 5.11 Å². The van der Waals surface area contributed by atoms with Gasteiger partial charge in [-0.05, 0) is 24.1 Å². The van der Waals surface area contributed by atoms with Gasteiger partial charge in [-0.2, -0.15) is 0 Å². The Kier molecular flexibility index (Phi) is 3.99. The van der Waals surface area contributed by atoms with E-state index in [0.717, 1.165) is 24.4 Å². The Hall–Kier alpha value is -1.81. The zero-order valence-corrected chi connectivity index (χ0v) is 10.6. The summed E-state index contributed by atoms with van der Waals surface area (Å²) in [5.41, 5.74) is 7.21. The average Bonchev–Trinajstić information content (AvgIpc) is 2.78. The summed E-state index contributed by atoms with van der Waals surface area (Å²) in [6.07, 6.45) is 4.77. The highest BCUT2D eigenvalue weighted by Crippen LogP contribution is 2.18. The Balaban J connectivity index is 2.08. The van der Waals surface area contributed by atoms with Crippen molar-refractivity contribution in [1.29, 1.82) is 0 Å². The Bertz CT molecular complexity index is 490. The second-order valence-electron chi connectivity index (χ2n) is 4.42. The van der Waals surface area contributed by atoms with Crippen molar-refractivity contribution in [3.8, 4) is 0 Å². The van der Waals surface area contributed by atoms with Crippen molar-refractivity contribution < 1.29 is 5.11 Å². The zero-order valence-electron chi connectivity index (χ0n) is 10.6. The third-order valence-corrected chi connectivity index (χ3v) is 2.96. The van der Waals surface area contributed by atoms with Crippen LogP contribution in [0.2, 0.25) is 0 Å². The lowest BCUT2D eigenvalue weighted by Crippen LogP contribution is -2.09. The van der Waals surface area contributed by atoms with Gasteiger partial charge in [0.25, 0.3) is 0 Å². The van der Waals surface area contributed by atoms with Crippen LogP contribution in [-0.2, 0) is 13.0 Å². The topological polar surface area (TPSA) is 64.1 Å². The first kappa shape index (κ1) is 12.6. The van der Waals surface area contributed by atoms with E-state index in [0.29, 0.717) is 12.1 Å². The van der Waals surface area contributed by atoms with E-state index in [1.54, 1.807) is 18.3 Å². The number of hydrogen-bond donors (Lipinski definition) is 2. The molecular weight excluding hydrogens is 226 g/mol. The molecule has 2 aromatic rings. The van der Waals surface area contributed by atoms with Crippen molar-refractivity contribution in [2.45, 2.75) is 32.4 Å². The fourth-order valence-electron chi connectivity index (χ4n) is 1.98. The van der Waals surface area contributed by atoms with E-state index in [1.165, 1.54) is 0 Å². The molecular formula is C14H19N3O. The van der Waals surface area contributed by atoms with E-state index < -0.39 is 6.10 Å². The molecule has 4 nitrogen and oxygen atoms in total. The van der Waals surface area contributed by atoms with Crippen LogP contribution in [0.15, 0.2) is 36.7 Å². The maximum atomic E-state index is 10.2. The molecule has 0 aliphatic rings. The Morgan fingerprint density at radius 2 is 2.06 bits per heavy atom. The summed E-state index contributed by atoms with van der Waals surface area (Å²) in [6, 6.07) is 7.31. The van der Waals surface area contributed by atoms with Gasteiger partial charge in [-0.1, -0.05) is 19.1 Å². The van der Waals surface area contributed by atoms with Crippen molar-refractivity contribution in [1.82, 2.24) is 9.55 Å². The van der Waals surface area contributed by atoms with Crippen LogP contribution < -0.4 is 5.73 Å². The van der Waals surface area contributed by atoms with Crippen LogP contribution >= 0.6 is 0 Å². The van der Waals surface area contributed by atoms with Crippen molar-refractivity contribution in [3.63, 3.8) is 0 Å². The third-order valence-electron chi connectivity index (χ3n) is 2.96. The van der Waals surface area contributed by atoms with Crippen LogP contribution in [0.5, 0.6) is 0 Å². The van der Waals surface area contributed by atoms with Crippen LogP contribution in [-0.4, -0.2) is 14.7 Å². The zero-order chi connectivity index (χ0) is 13.0. The fraction of sp³-hybridized carbons (Fsp3) is 0.357. The van der Waals surface area contributed by atoms with E-state index in [1.807, 2.05) is 18.3 Å². The molecule has 0 bridgehead atoms. The molecule has 96 valence electrons. The molecule has 1 aromatic carbocycles. The summed E-state index contributed by atoms with van der Waals surface area (Å²) in [5, 5.41) is 10.2. The van der Waals surface area contributed by atoms with Crippen molar-refractivity contribution >= 4 is 5.69 Å². The number of aliphatic hydroxyl groups is 1. The molecule has 2 rings (SSSR count). The number of aliphatic hydroxyl groups excluding tert-OH is 1. The third kappa shape index (κ3) is 2.90. The van der Waals surface area contributed by atoms with E-state index in [-0.39, 0.29) is 0 Å². The van der Waals surface area contributed by atoms with Crippen LogP contribution in [0, 0.1) is 0 Å². The molecule has 1 unspecified atom stereocenters. The highest BCUT2D eigenvalue weighted by Gasteiger charge is 2.12. The number of rotatable bonds is 5. The average molecular weight is 245 g/mol. The number of imidazole rings is 1. The normalized spacial score (nSPS) is 12.6. The lowest BCUT2D eigenvalue weighted by Gasteiger charge is -2.12. The number of anilines is 1. The molecule has 18 heavy (non-hydrogen) atoms. The minimum atomic E-state index is -0.538. The number of aryl methyl sites for hydroxylation is 1. The smallest absolute Gasteiger partial charge is 0.111 e. The monoisotopic (exact) mass is 245 g/mol. The van der Waals surface area contributed by atoms with Gasteiger partial charge in [-0.15, -0.1) is 0 Å². The van der Waals surface area contributed by atoms with Gasteiger partial charge in [0.05, 0.1) is 6.10 Å². The standard InChI is InChI=1S/C14H19N3O/c1-2-8-17-9-7-16-14(17)10-13(18)11-3-5-12(15)6-4-11/h3-7,9,13,18H,2,8,10,15H2,1H3.